The molecular formula is C14H15N3O5S2. The standard InChI is InChI=1S/C14H15N3O5S2/c1-16-7-8(5-12(16)18)13(19)15-24(21,22)9-3-4-10-11(6-9)23-14(20)17(10)2/h3-4,6,8H,5,7H2,1-2H3,(H,15,19). The zero-order chi connectivity index (χ0) is 17.6. The van der Waals surface area contributed by atoms with Crippen molar-refractivity contribution in [2.75, 3.05) is 13.6 Å². The predicted octanol–water partition coefficient (Wildman–Crippen LogP) is -0.117. The molecule has 8 nitrogen and oxygen atoms in total. The molecule has 1 saturated heterocycles. The molecule has 1 N–H and O–H groups in total. The van der Waals surface area contributed by atoms with Crippen LogP contribution in [0.25, 0.3) is 10.2 Å². The monoisotopic (exact) mass is 369 g/mol. The summed E-state index contributed by atoms with van der Waals surface area (Å²) < 4.78 is 28.7. The van der Waals surface area contributed by atoms with Crippen molar-refractivity contribution in [1.29, 1.82) is 0 Å². The molecule has 128 valence electrons. The van der Waals surface area contributed by atoms with E-state index in [-0.39, 0.29) is 28.6 Å². The fraction of sp³-hybridized carbons (Fsp3) is 0.357. The van der Waals surface area contributed by atoms with Crippen LogP contribution in [0.15, 0.2) is 27.9 Å². The molecule has 0 radical (unpaired) electrons. The quantitative estimate of drug-likeness (QED) is 0.812. The van der Waals surface area contributed by atoms with Crippen molar-refractivity contribution in [2.45, 2.75) is 11.3 Å². The fourth-order valence-corrected chi connectivity index (χ4v) is 4.66. The molecule has 24 heavy (non-hydrogen) atoms. The Hall–Kier alpha value is -2.20. The molecule has 10 heteroatoms. The summed E-state index contributed by atoms with van der Waals surface area (Å²) in [6.07, 6.45) is -0.00279. The summed E-state index contributed by atoms with van der Waals surface area (Å²) in [6, 6.07) is 4.23. The van der Waals surface area contributed by atoms with E-state index in [0.29, 0.717) is 10.2 Å². The first-order valence-corrected chi connectivity index (χ1v) is 9.39. The number of amides is 2. The van der Waals surface area contributed by atoms with Gasteiger partial charge in [0.05, 0.1) is 21.0 Å². The summed E-state index contributed by atoms with van der Waals surface area (Å²) in [6.45, 7) is 0.194. The number of rotatable bonds is 3. The molecule has 1 atom stereocenters. The van der Waals surface area contributed by atoms with Crippen LogP contribution in [0.2, 0.25) is 0 Å². The molecule has 2 aromatic rings. The van der Waals surface area contributed by atoms with Gasteiger partial charge in [0.25, 0.3) is 10.0 Å². The molecule has 1 unspecified atom stereocenters. The van der Waals surface area contributed by atoms with Crippen LogP contribution < -0.4 is 9.60 Å². The third kappa shape index (κ3) is 2.82. The van der Waals surface area contributed by atoms with Crippen LogP contribution in [0.5, 0.6) is 0 Å². The molecule has 1 fully saturated rings. The smallest absolute Gasteiger partial charge is 0.307 e. The Kier molecular flexibility index (Phi) is 3.96. The molecule has 1 aromatic carbocycles. The van der Waals surface area contributed by atoms with Gasteiger partial charge >= 0.3 is 4.87 Å². The number of likely N-dealkylation sites (tertiary alicyclic amines) is 1. The molecule has 2 amide bonds. The number of hydrogen-bond acceptors (Lipinski definition) is 6. The topological polar surface area (TPSA) is 106 Å². The van der Waals surface area contributed by atoms with Gasteiger partial charge in [0.15, 0.2) is 0 Å². The highest BCUT2D eigenvalue weighted by atomic mass is 32.2. The van der Waals surface area contributed by atoms with Crippen LogP contribution in [0.3, 0.4) is 0 Å². The number of nitrogens with one attached hydrogen (secondary N) is 1. The number of hydrogen-bond donors (Lipinski definition) is 1. The highest BCUT2D eigenvalue weighted by molar-refractivity contribution is 7.90. The van der Waals surface area contributed by atoms with E-state index < -0.39 is 21.8 Å². The Morgan fingerprint density at radius 3 is 2.62 bits per heavy atom. The lowest BCUT2D eigenvalue weighted by atomic mass is 10.1. The molecule has 1 aliphatic rings. The van der Waals surface area contributed by atoms with Gasteiger partial charge in [-0.1, -0.05) is 11.3 Å². The number of fused-ring (bicyclic) bond motifs is 1. The van der Waals surface area contributed by atoms with Crippen LogP contribution >= 0.6 is 11.3 Å². The Morgan fingerprint density at radius 1 is 1.29 bits per heavy atom. The van der Waals surface area contributed by atoms with Gasteiger partial charge in [-0.25, -0.2) is 13.1 Å². The highest BCUT2D eigenvalue weighted by Gasteiger charge is 2.34. The maximum Gasteiger partial charge on any atom is 0.307 e. The van der Waals surface area contributed by atoms with Crippen LogP contribution in [-0.4, -0.2) is 43.3 Å². The van der Waals surface area contributed by atoms with Gasteiger partial charge in [-0.2, -0.15) is 0 Å². The minimum absolute atomic E-state index is 0.00279. The van der Waals surface area contributed by atoms with E-state index in [1.807, 2.05) is 4.72 Å². The molecule has 0 aliphatic carbocycles. The third-order valence-corrected chi connectivity index (χ3v) is 6.36. The second-order valence-corrected chi connectivity index (χ2v) is 8.38. The van der Waals surface area contributed by atoms with Crippen molar-refractivity contribution >= 4 is 43.4 Å². The van der Waals surface area contributed by atoms with Crippen molar-refractivity contribution in [3.63, 3.8) is 0 Å². The zero-order valence-corrected chi connectivity index (χ0v) is 14.6. The maximum atomic E-state index is 12.4. The van der Waals surface area contributed by atoms with Gasteiger partial charge < -0.3 is 9.47 Å². The first kappa shape index (κ1) is 16.7. The minimum Gasteiger partial charge on any atom is -0.345 e. The summed E-state index contributed by atoms with van der Waals surface area (Å²) in [4.78, 5) is 36.3. The van der Waals surface area contributed by atoms with Gasteiger partial charge in [-0.3, -0.25) is 14.4 Å². The second-order valence-electron chi connectivity index (χ2n) is 5.70. The lowest BCUT2D eigenvalue weighted by molar-refractivity contribution is -0.127. The Balaban J connectivity index is 1.86. The number of benzene rings is 1. The number of aromatic nitrogens is 1. The van der Waals surface area contributed by atoms with E-state index in [1.165, 1.54) is 27.7 Å². The number of thiazole rings is 1. The summed E-state index contributed by atoms with van der Waals surface area (Å²) in [5, 5.41) is 0. The Bertz CT molecular complexity index is 1010. The predicted molar refractivity (Wildman–Crippen MR) is 88.1 cm³/mol. The molecule has 2 heterocycles. The van der Waals surface area contributed by atoms with Crippen molar-refractivity contribution in [2.24, 2.45) is 13.0 Å². The Morgan fingerprint density at radius 2 is 2.00 bits per heavy atom. The zero-order valence-electron chi connectivity index (χ0n) is 13.0. The van der Waals surface area contributed by atoms with Crippen LogP contribution in [0.1, 0.15) is 6.42 Å². The van der Waals surface area contributed by atoms with Gasteiger partial charge in [-0.05, 0) is 18.2 Å². The average molecular weight is 369 g/mol. The normalized spacial score (nSPS) is 18.3. The van der Waals surface area contributed by atoms with Crippen molar-refractivity contribution < 1.29 is 18.0 Å². The molecule has 0 spiro atoms. The molecule has 3 rings (SSSR count). The van der Waals surface area contributed by atoms with E-state index in [2.05, 4.69) is 0 Å². The fourth-order valence-electron chi connectivity index (χ4n) is 2.60. The van der Waals surface area contributed by atoms with E-state index >= 15 is 0 Å². The minimum atomic E-state index is -4.06. The van der Waals surface area contributed by atoms with Gasteiger partial charge in [0.1, 0.15) is 0 Å². The van der Waals surface area contributed by atoms with Crippen LogP contribution in [0.4, 0.5) is 0 Å². The van der Waals surface area contributed by atoms with Gasteiger partial charge in [-0.15, -0.1) is 0 Å². The molecule has 0 bridgehead atoms. The maximum absolute atomic E-state index is 12.4. The first-order chi connectivity index (χ1) is 11.2. The number of sulfonamides is 1. The summed E-state index contributed by atoms with van der Waals surface area (Å²) >= 11 is 0.933. The third-order valence-electron chi connectivity index (χ3n) is 4.02. The molecular weight excluding hydrogens is 354 g/mol. The number of carbonyl (C=O) groups excluding carboxylic acids is 2. The van der Waals surface area contributed by atoms with Gasteiger partial charge in [0.2, 0.25) is 11.8 Å². The van der Waals surface area contributed by atoms with Crippen LogP contribution in [0, 0.1) is 5.92 Å². The number of aryl methyl sites for hydroxylation is 1. The van der Waals surface area contributed by atoms with Crippen molar-refractivity contribution in [3.8, 4) is 0 Å². The molecule has 1 aromatic heterocycles. The number of nitrogens with zero attached hydrogens (tertiary/aromatic N) is 2. The van der Waals surface area contributed by atoms with Crippen molar-refractivity contribution in [1.82, 2.24) is 14.2 Å². The molecule has 0 saturated carbocycles. The lowest BCUT2D eigenvalue weighted by Crippen LogP contribution is -2.36. The van der Waals surface area contributed by atoms with Gasteiger partial charge in [0, 0.05) is 27.1 Å². The second kappa shape index (κ2) is 5.71. The van der Waals surface area contributed by atoms with E-state index in [1.54, 1.807) is 14.1 Å². The van der Waals surface area contributed by atoms with E-state index in [0.717, 1.165) is 11.3 Å². The van der Waals surface area contributed by atoms with E-state index in [9.17, 15) is 22.8 Å². The Labute approximate surface area is 141 Å². The van der Waals surface area contributed by atoms with E-state index in [4.69, 9.17) is 0 Å². The van der Waals surface area contributed by atoms with Crippen LogP contribution in [-0.2, 0) is 26.7 Å². The number of carbonyl (C=O) groups is 2. The summed E-state index contributed by atoms with van der Waals surface area (Å²) in [7, 11) is -0.894. The molecule has 1 aliphatic heterocycles. The summed E-state index contributed by atoms with van der Waals surface area (Å²) in [5.74, 6) is -1.58. The average Bonchev–Trinajstić information content (AvgIpc) is 2.99. The largest absolute Gasteiger partial charge is 0.345 e. The van der Waals surface area contributed by atoms with Crippen molar-refractivity contribution in [3.05, 3.63) is 27.9 Å². The lowest BCUT2D eigenvalue weighted by Gasteiger charge is -2.11. The highest BCUT2D eigenvalue weighted by Crippen LogP contribution is 2.22. The summed E-state index contributed by atoms with van der Waals surface area (Å²) in [5.41, 5.74) is 0.623. The first-order valence-electron chi connectivity index (χ1n) is 7.09. The SMILES string of the molecule is CN1CC(C(=O)NS(=O)(=O)c2ccc3c(c2)sc(=O)n3C)CC1=O.